The van der Waals surface area contributed by atoms with Crippen molar-refractivity contribution in [1.29, 1.82) is 0 Å². The quantitative estimate of drug-likeness (QED) is 0.369. The van der Waals surface area contributed by atoms with Crippen LogP contribution in [0.3, 0.4) is 0 Å². The summed E-state index contributed by atoms with van der Waals surface area (Å²) in [5, 5.41) is 20.7. The molecular formula is C20H27NO8. The van der Waals surface area contributed by atoms with Gasteiger partial charge in [0.05, 0.1) is 33.5 Å². The summed E-state index contributed by atoms with van der Waals surface area (Å²) in [5.41, 5.74) is 2.04. The summed E-state index contributed by atoms with van der Waals surface area (Å²) in [6.07, 6.45) is 3.73. The summed E-state index contributed by atoms with van der Waals surface area (Å²) in [4.78, 5) is 21.1. The molecule has 0 amide bonds. The van der Waals surface area contributed by atoms with Gasteiger partial charge in [-0.05, 0) is 67.1 Å². The van der Waals surface area contributed by atoms with E-state index in [4.69, 9.17) is 19.7 Å². The molecule has 1 aliphatic heterocycles. The smallest absolute Gasteiger partial charge is 0.493 e. The number of hydrogen-bond donors (Lipinski definition) is 3. The van der Waals surface area contributed by atoms with Crippen molar-refractivity contribution in [2.45, 2.75) is 31.7 Å². The van der Waals surface area contributed by atoms with Gasteiger partial charge in [-0.15, -0.1) is 0 Å². The highest BCUT2D eigenvalue weighted by Gasteiger charge is 2.27. The Morgan fingerprint density at radius 2 is 1.55 bits per heavy atom. The fourth-order valence-electron chi connectivity index (χ4n) is 3.53. The van der Waals surface area contributed by atoms with Gasteiger partial charge in [0.15, 0.2) is 11.5 Å². The molecule has 1 aromatic carbocycles. The summed E-state index contributed by atoms with van der Waals surface area (Å²) in [6.45, 7) is 0.220. The lowest BCUT2D eigenvalue weighted by atomic mass is 9.82. The Labute approximate surface area is 169 Å². The van der Waals surface area contributed by atoms with Gasteiger partial charge >= 0.3 is 12.3 Å². The van der Waals surface area contributed by atoms with E-state index in [0.29, 0.717) is 37.2 Å². The number of nitrogens with one attached hydrogen (secondary N) is 1. The number of hydrogen-bond acceptors (Lipinski definition) is 7. The van der Waals surface area contributed by atoms with Crippen LogP contribution in [0.4, 0.5) is 9.59 Å². The highest BCUT2D eigenvalue weighted by Crippen LogP contribution is 2.40. The molecule has 3 N–H and O–H groups in total. The van der Waals surface area contributed by atoms with Gasteiger partial charge in [0.25, 0.3) is 0 Å². The van der Waals surface area contributed by atoms with Crippen molar-refractivity contribution in [2.24, 2.45) is 5.92 Å². The minimum Gasteiger partial charge on any atom is -0.493 e. The first-order chi connectivity index (χ1) is 14.0. The highest BCUT2D eigenvalue weighted by atomic mass is 16.7. The van der Waals surface area contributed by atoms with Crippen molar-refractivity contribution in [2.75, 3.05) is 27.4 Å². The van der Waals surface area contributed by atoms with E-state index in [1.54, 1.807) is 14.2 Å². The first kappa shape index (κ1) is 22.2. The molecule has 1 aliphatic rings. The Morgan fingerprint density at radius 3 is 2.07 bits per heavy atom. The zero-order valence-corrected chi connectivity index (χ0v) is 16.6. The van der Waals surface area contributed by atoms with Crippen LogP contribution in [0.25, 0.3) is 6.08 Å². The molecule has 29 heavy (non-hydrogen) atoms. The third kappa shape index (κ3) is 6.48. The predicted octanol–water partition coefficient (Wildman–Crippen LogP) is 3.88. The SMILES string of the molecule is COc1cc2c(cc1OC)C(C(CCCOC(=O)O)CCCOC(=O)O)NC=C2. The highest BCUT2D eigenvalue weighted by molar-refractivity contribution is 5.63. The number of rotatable bonds is 11. The zero-order chi connectivity index (χ0) is 21.2. The number of carboxylic acid groups (broad SMARTS) is 2. The molecule has 0 radical (unpaired) electrons. The molecule has 0 saturated carbocycles. The summed E-state index contributed by atoms with van der Waals surface area (Å²) in [6, 6.07) is 3.80. The van der Waals surface area contributed by atoms with Crippen LogP contribution in [0.2, 0.25) is 0 Å². The largest absolute Gasteiger partial charge is 0.505 e. The molecule has 0 aliphatic carbocycles. The molecule has 1 unspecified atom stereocenters. The van der Waals surface area contributed by atoms with Crippen molar-refractivity contribution in [1.82, 2.24) is 5.32 Å². The number of benzene rings is 1. The van der Waals surface area contributed by atoms with Crippen molar-refractivity contribution >= 4 is 18.4 Å². The molecule has 0 aromatic heterocycles. The molecular weight excluding hydrogens is 382 g/mol. The summed E-state index contributed by atoms with van der Waals surface area (Å²) in [7, 11) is 3.16. The minimum absolute atomic E-state index is 0.0514. The van der Waals surface area contributed by atoms with E-state index in [1.807, 2.05) is 24.4 Å². The van der Waals surface area contributed by atoms with Crippen molar-refractivity contribution in [3.63, 3.8) is 0 Å². The third-order valence-electron chi connectivity index (χ3n) is 4.82. The van der Waals surface area contributed by atoms with Gasteiger partial charge in [0.1, 0.15) is 0 Å². The van der Waals surface area contributed by atoms with Crippen molar-refractivity contribution in [3.05, 3.63) is 29.5 Å². The Bertz CT molecular complexity index is 711. The fourth-order valence-corrected chi connectivity index (χ4v) is 3.53. The first-order valence-corrected chi connectivity index (χ1v) is 9.36. The molecule has 0 fully saturated rings. The lowest BCUT2D eigenvalue weighted by Gasteiger charge is -2.32. The molecule has 1 heterocycles. The lowest BCUT2D eigenvalue weighted by molar-refractivity contribution is 0.0856. The Kier molecular flexibility index (Phi) is 8.45. The average molecular weight is 409 g/mol. The van der Waals surface area contributed by atoms with E-state index in [-0.39, 0.29) is 25.2 Å². The fraction of sp³-hybridized carbons (Fsp3) is 0.500. The van der Waals surface area contributed by atoms with E-state index in [1.165, 1.54) is 0 Å². The standard InChI is InChI=1S/C20H27NO8/c1-26-16-11-14-7-8-21-18(15(14)12-17(16)27-2)13(5-3-9-28-19(22)23)6-4-10-29-20(24)25/h7-8,11-13,18,21H,3-6,9-10H2,1-2H3,(H,22,23)(H,24,25). The van der Waals surface area contributed by atoms with Gasteiger partial charge in [0.2, 0.25) is 0 Å². The van der Waals surface area contributed by atoms with Gasteiger partial charge in [-0.1, -0.05) is 0 Å². The number of carbonyl (C=O) groups is 2. The van der Waals surface area contributed by atoms with Gasteiger partial charge < -0.3 is 34.5 Å². The van der Waals surface area contributed by atoms with Gasteiger partial charge in [0, 0.05) is 0 Å². The number of fused-ring (bicyclic) bond motifs is 1. The van der Waals surface area contributed by atoms with Crippen LogP contribution in [0.1, 0.15) is 42.9 Å². The number of methoxy groups -OCH3 is 2. The summed E-state index contributed by atoms with van der Waals surface area (Å²) >= 11 is 0. The zero-order valence-electron chi connectivity index (χ0n) is 16.6. The van der Waals surface area contributed by atoms with Crippen molar-refractivity contribution in [3.8, 4) is 11.5 Å². The first-order valence-electron chi connectivity index (χ1n) is 9.36. The van der Waals surface area contributed by atoms with E-state index < -0.39 is 12.3 Å². The van der Waals surface area contributed by atoms with Crippen LogP contribution in [-0.2, 0) is 9.47 Å². The Hall–Kier alpha value is -3.10. The molecule has 160 valence electrons. The lowest BCUT2D eigenvalue weighted by Crippen LogP contribution is -2.28. The number of ether oxygens (including phenoxy) is 4. The van der Waals surface area contributed by atoms with E-state index >= 15 is 0 Å². The summed E-state index contributed by atoms with van der Waals surface area (Å²) in [5.74, 6) is 1.36. The van der Waals surface area contributed by atoms with E-state index in [9.17, 15) is 9.59 Å². The van der Waals surface area contributed by atoms with E-state index in [2.05, 4.69) is 14.8 Å². The maximum Gasteiger partial charge on any atom is 0.505 e. The van der Waals surface area contributed by atoms with E-state index in [0.717, 1.165) is 11.1 Å². The van der Waals surface area contributed by atoms with Crippen LogP contribution in [0, 0.1) is 5.92 Å². The van der Waals surface area contributed by atoms with Crippen LogP contribution >= 0.6 is 0 Å². The third-order valence-corrected chi connectivity index (χ3v) is 4.82. The van der Waals surface area contributed by atoms with Crippen LogP contribution in [0.5, 0.6) is 11.5 Å². The predicted molar refractivity (Wildman–Crippen MR) is 104 cm³/mol. The molecule has 9 nitrogen and oxygen atoms in total. The molecule has 0 spiro atoms. The van der Waals surface area contributed by atoms with Gasteiger partial charge in [-0.2, -0.15) is 0 Å². The van der Waals surface area contributed by atoms with Gasteiger partial charge in [-0.25, -0.2) is 9.59 Å². The Balaban J connectivity index is 2.17. The van der Waals surface area contributed by atoms with Crippen LogP contribution in [-0.4, -0.2) is 50.0 Å². The molecule has 0 saturated heterocycles. The van der Waals surface area contributed by atoms with Gasteiger partial charge in [-0.3, -0.25) is 0 Å². The molecule has 9 heteroatoms. The molecule has 2 rings (SSSR count). The van der Waals surface area contributed by atoms with Crippen LogP contribution < -0.4 is 14.8 Å². The van der Waals surface area contributed by atoms with Crippen LogP contribution in [0.15, 0.2) is 18.3 Å². The second-order valence-corrected chi connectivity index (χ2v) is 6.59. The average Bonchev–Trinajstić information content (AvgIpc) is 2.70. The minimum atomic E-state index is -1.29. The molecule has 0 bridgehead atoms. The second-order valence-electron chi connectivity index (χ2n) is 6.59. The molecule has 1 aromatic rings. The second kappa shape index (κ2) is 11.0. The molecule has 1 atom stereocenters. The van der Waals surface area contributed by atoms with Crippen molar-refractivity contribution < 1.29 is 38.7 Å². The summed E-state index contributed by atoms with van der Waals surface area (Å²) < 4.78 is 20.0. The topological polar surface area (TPSA) is 124 Å². The monoisotopic (exact) mass is 409 g/mol. The normalized spacial score (nSPS) is 14.7. The maximum absolute atomic E-state index is 10.6. The maximum atomic E-state index is 10.6. The Morgan fingerprint density at radius 1 is 1.00 bits per heavy atom.